The van der Waals surface area contributed by atoms with E-state index in [1.54, 1.807) is 6.26 Å². The van der Waals surface area contributed by atoms with Crippen LogP contribution >= 0.6 is 0 Å². The maximum Gasteiger partial charge on any atom is 0.0357 e. The lowest BCUT2D eigenvalue weighted by molar-refractivity contribution is 0.170. The Balaban J connectivity index is 2.16. The molecule has 3 nitrogen and oxygen atoms in total. The molecule has 4 heteroatoms. The largest absolute Gasteiger partial charge is 0.313 e. The maximum atomic E-state index is 10.9. The molecule has 3 unspecified atom stereocenters. The number of nitrogens with zero attached hydrogens (tertiary/aromatic N) is 1. The average Bonchev–Trinajstić information content (AvgIpc) is 2.10. The molecule has 3 atom stereocenters. The summed E-state index contributed by atoms with van der Waals surface area (Å²) in [4.78, 5) is 2.40. The maximum absolute atomic E-state index is 10.9. The molecule has 1 aliphatic rings. The Morgan fingerprint density at radius 1 is 1.57 bits per heavy atom. The SMILES string of the molecule is CC1CC(NCCS(C)=O)CCN1C. The van der Waals surface area contributed by atoms with Gasteiger partial charge in [-0.3, -0.25) is 4.21 Å². The van der Waals surface area contributed by atoms with Crippen LogP contribution in [0.15, 0.2) is 0 Å². The number of nitrogens with one attached hydrogen (secondary N) is 1. The van der Waals surface area contributed by atoms with Crippen molar-refractivity contribution < 1.29 is 4.21 Å². The van der Waals surface area contributed by atoms with E-state index < -0.39 is 10.8 Å². The number of hydrogen-bond donors (Lipinski definition) is 1. The summed E-state index contributed by atoms with van der Waals surface area (Å²) in [5.41, 5.74) is 0. The Bertz CT molecular complexity index is 199. The summed E-state index contributed by atoms with van der Waals surface area (Å²) in [7, 11) is 1.52. The number of likely N-dealkylation sites (tertiary alicyclic amines) is 1. The minimum Gasteiger partial charge on any atom is -0.313 e. The van der Waals surface area contributed by atoms with E-state index in [0.29, 0.717) is 12.1 Å². The molecule has 1 fully saturated rings. The van der Waals surface area contributed by atoms with Crippen LogP contribution in [0.3, 0.4) is 0 Å². The number of piperidine rings is 1. The summed E-state index contributed by atoms with van der Waals surface area (Å²) < 4.78 is 10.9. The predicted octanol–water partition coefficient (Wildman–Crippen LogP) is 0.437. The van der Waals surface area contributed by atoms with Crippen molar-refractivity contribution in [3.05, 3.63) is 0 Å². The third-order valence-electron chi connectivity index (χ3n) is 3.03. The molecule has 0 amide bonds. The normalized spacial score (nSPS) is 31.6. The Labute approximate surface area is 89.7 Å². The summed E-state index contributed by atoms with van der Waals surface area (Å²) in [6, 6.07) is 1.30. The molecular weight excluding hydrogens is 196 g/mol. The molecule has 0 spiro atoms. The van der Waals surface area contributed by atoms with Crippen molar-refractivity contribution in [1.82, 2.24) is 10.2 Å². The quantitative estimate of drug-likeness (QED) is 0.743. The van der Waals surface area contributed by atoms with Crippen LogP contribution in [0.2, 0.25) is 0 Å². The lowest BCUT2D eigenvalue weighted by Crippen LogP contribution is -2.46. The highest BCUT2D eigenvalue weighted by molar-refractivity contribution is 7.84. The van der Waals surface area contributed by atoms with Crippen LogP contribution in [-0.4, -0.2) is 53.3 Å². The standard InChI is InChI=1S/C10H22N2OS/c1-9-8-10(4-6-12(9)2)11-5-7-14(3)13/h9-11H,4-8H2,1-3H3. The van der Waals surface area contributed by atoms with E-state index >= 15 is 0 Å². The van der Waals surface area contributed by atoms with Gasteiger partial charge in [0.2, 0.25) is 0 Å². The van der Waals surface area contributed by atoms with Gasteiger partial charge in [0, 0.05) is 41.4 Å². The third-order valence-corrected chi connectivity index (χ3v) is 3.81. The van der Waals surface area contributed by atoms with Crippen LogP contribution in [-0.2, 0) is 10.8 Å². The van der Waals surface area contributed by atoms with Crippen LogP contribution in [0.4, 0.5) is 0 Å². The zero-order valence-electron chi connectivity index (χ0n) is 9.45. The molecule has 0 aliphatic carbocycles. The molecule has 0 aromatic carbocycles. The molecule has 1 heterocycles. The summed E-state index contributed by atoms with van der Waals surface area (Å²) >= 11 is 0. The summed E-state index contributed by atoms with van der Waals surface area (Å²) in [6.07, 6.45) is 4.20. The Morgan fingerprint density at radius 3 is 2.86 bits per heavy atom. The van der Waals surface area contributed by atoms with Crippen molar-refractivity contribution in [3.8, 4) is 0 Å². The first-order valence-corrected chi connectivity index (χ1v) is 7.06. The molecule has 84 valence electrons. The van der Waals surface area contributed by atoms with Gasteiger partial charge in [-0.05, 0) is 33.4 Å². The van der Waals surface area contributed by atoms with Crippen molar-refractivity contribution >= 4 is 10.8 Å². The molecule has 0 saturated carbocycles. The molecule has 1 rings (SSSR count). The van der Waals surface area contributed by atoms with E-state index in [0.717, 1.165) is 12.3 Å². The monoisotopic (exact) mass is 218 g/mol. The van der Waals surface area contributed by atoms with Crippen molar-refractivity contribution in [3.63, 3.8) is 0 Å². The molecule has 0 aromatic rings. The Morgan fingerprint density at radius 2 is 2.29 bits per heavy atom. The van der Waals surface area contributed by atoms with Crippen LogP contribution in [0.25, 0.3) is 0 Å². The highest BCUT2D eigenvalue weighted by atomic mass is 32.2. The number of hydrogen-bond acceptors (Lipinski definition) is 3. The molecule has 1 aliphatic heterocycles. The molecular formula is C10H22N2OS. The fourth-order valence-corrected chi connectivity index (χ4v) is 2.29. The smallest absolute Gasteiger partial charge is 0.0357 e. The van der Waals surface area contributed by atoms with Gasteiger partial charge >= 0.3 is 0 Å². The minimum atomic E-state index is -0.659. The van der Waals surface area contributed by atoms with E-state index in [1.165, 1.54) is 19.4 Å². The zero-order valence-corrected chi connectivity index (χ0v) is 10.3. The topological polar surface area (TPSA) is 32.3 Å². The second kappa shape index (κ2) is 5.83. The van der Waals surface area contributed by atoms with Gasteiger partial charge in [-0.15, -0.1) is 0 Å². The van der Waals surface area contributed by atoms with Crippen molar-refractivity contribution in [2.75, 3.05) is 32.1 Å². The van der Waals surface area contributed by atoms with Crippen LogP contribution in [0.5, 0.6) is 0 Å². The summed E-state index contributed by atoms with van der Waals surface area (Å²) in [5, 5.41) is 3.48. The van der Waals surface area contributed by atoms with Crippen molar-refractivity contribution in [2.24, 2.45) is 0 Å². The lowest BCUT2D eigenvalue weighted by atomic mass is 9.99. The van der Waals surface area contributed by atoms with E-state index in [1.807, 2.05) is 0 Å². The first kappa shape index (κ1) is 12.1. The Hall–Kier alpha value is 0.0700. The zero-order chi connectivity index (χ0) is 10.6. The van der Waals surface area contributed by atoms with Crippen LogP contribution in [0.1, 0.15) is 19.8 Å². The molecule has 1 saturated heterocycles. The summed E-state index contributed by atoms with van der Waals surface area (Å²) in [6.45, 7) is 4.34. The predicted molar refractivity (Wildman–Crippen MR) is 62.1 cm³/mol. The van der Waals surface area contributed by atoms with Gasteiger partial charge in [0.15, 0.2) is 0 Å². The molecule has 0 radical (unpaired) electrons. The fraction of sp³-hybridized carbons (Fsp3) is 1.00. The average molecular weight is 218 g/mol. The number of rotatable bonds is 4. The lowest BCUT2D eigenvalue weighted by Gasteiger charge is -2.35. The van der Waals surface area contributed by atoms with Gasteiger partial charge in [-0.2, -0.15) is 0 Å². The van der Waals surface area contributed by atoms with Gasteiger partial charge in [0.05, 0.1) is 0 Å². The highest BCUT2D eigenvalue weighted by Gasteiger charge is 2.21. The first-order chi connectivity index (χ1) is 6.59. The second-order valence-electron chi connectivity index (χ2n) is 4.28. The minimum absolute atomic E-state index is 0.629. The van der Waals surface area contributed by atoms with E-state index in [9.17, 15) is 4.21 Å². The van der Waals surface area contributed by atoms with Gasteiger partial charge in [-0.25, -0.2) is 0 Å². The van der Waals surface area contributed by atoms with Gasteiger partial charge < -0.3 is 10.2 Å². The Kier molecular flexibility index (Phi) is 5.06. The molecule has 1 N–H and O–H groups in total. The molecule has 14 heavy (non-hydrogen) atoms. The van der Waals surface area contributed by atoms with Gasteiger partial charge in [0.1, 0.15) is 0 Å². The molecule has 0 aromatic heterocycles. The van der Waals surface area contributed by atoms with Crippen LogP contribution < -0.4 is 5.32 Å². The van der Waals surface area contributed by atoms with Gasteiger partial charge in [0.25, 0.3) is 0 Å². The summed E-state index contributed by atoms with van der Waals surface area (Å²) in [5.74, 6) is 0.778. The van der Waals surface area contributed by atoms with E-state index in [4.69, 9.17) is 0 Å². The second-order valence-corrected chi connectivity index (χ2v) is 5.84. The molecule has 0 bridgehead atoms. The third kappa shape index (κ3) is 4.07. The van der Waals surface area contributed by atoms with E-state index in [-0.39, 0.29) is 0 Å². The van der Waals surface area contributed by atoms with Crippen LogP contribution in [0, 0.1) is 0 Å². The first-order valence-electron chi connectivity index (χ1n) is 5.33. The van der Waals surface area contributed by atoms with Crippen molar-refractivity contribution in [1.29, 1.82) is 0 Å². The highest BCUT2D eigenvalue weighted by Crippen LogP contribution is 2.14. The van der Waals surface area contributed by atoms with Gasteiger partial charge in [-0.1, -0.05) is 0 Å². The van der Waals surface area contributed by atoms with E-state index in [2.05, 4.69) is 24.2 Å². The van der Waals surface area contributed by atoms with Crippen molar-refractivity contribution in [2.45, 2.75) is 31.8 Å². The fourth-order valence-electron chi connectivity index (χ4n) is 1.88.